The van der Waals surface area contributed by atoms with Crippen molar-refractivity contribution < 1.29 is 172 Å². The molecule has 0 saturated carbocycles. The minimum atomic E-state index is -1.52. The van der Waals surface area contributed by atoms with Crippen molar-refractivity contribution in [2.24, 2.45) is 23.7 Å². The number of hydrogen-bond donors (Lipinski definition) is 7. The molecule has 0 bridgehead atoms. The Morgan fingerprint density at radius 3 is 0.869 bits per heavy atom. The molecule has 4 rings (SSSR count). The number of hydrogen-bond acceptors (Lipinski definition) is 38. The first-order valence-corrected chi connectivity index (χ1v) is 49.5. The first-order chi connectivity index (χ1) is 64.7. The summed E-state index contributed by atoms with van der Waals surface area (Å²) in [5, 5.41) is 16.9. The first-order valence-electron chi connectivity index (χ1n) is 46.1. The molecule has 0 aromatic carbocycles. The van der Waals surface area contributed by atoms with Crippen LogP contribution in [0.15, 0.2) is 0 Å². The lowest BCUT2D eigenvalue weighted by Gasteiger charge is -2.44. The van der Waals surface area contributed by atoms with Gasteiger partial charge in [-0.3, -0.25) is 108 Å². The summed E-state index contributed by atoms with van der Waals surface area (Å²) in [6.45, 7) is 19.8. The molecule has 0 radical (unpaired) electrons. The molecule has 4 heterocycles. The lowest BCUT2D eigenvalue weighted by molar-refractivity contribution is -0.262. The summed E-state index contributed by atoms with van der Waals surface area (Å²) < 4.78 is 101. The van der Waals surface area contributed by atoms with Crippen LogP contribution >= 0.6 is 8.02 Å². The minimum Gasteiger partial charge on any atom is -0.463 e. The predicted octanol–water partition coefficient (Wildman–Crippen LogP) is 1.17. The zero-order valence-electron chi connectivity index (χ0n) is 81.4. The van der Waals surface area contributed by atoms with Crippen LogP contribution in [0.5, 0.6) is 0 Å². The van der Waals surface area contributed by atoms with Crippen molar-refractivity contribution in [1.82, 2.24) is 51.3 Å². The SMILES string of the molecule is CCC(OC(=O)CCC(=O)N[S-](=P)=S)C(=O)N(CCN(CCNC(=O)CCCCO[C@@H]1OC(COC(C)=O)[C@H](OC(C)=O)[C@H](C)C1NC(C)=O)C(=O)CCCCO[C@@H]1OC(COC(C)=O)[C@H](OC(C)=O)[C@H](C)C1NC(C)=O)CCN(CCNC(=O)CCCCO[C@@H]1OC(COC(C)=O)[C@H](OC(C)=O)[C@H](C)C1NC(C)=O)C(=O)CCCCO[C@@H]1OC(COC(C)=O)[C@H](OC(C)=O)[C@H](C)C1NC(C)=O. The van der Waals surface area contributed by atoms with Crippen molar-refractivity contribution >= 4 is 141 Å². The average molecular weight is 2010 g/mol. The van der Waals surface area contributed by atoms with Crippen LogP contribution in [0.2, 0.25) is 0 Å². The van der Waals surface area contributed by atoms with Gasteiger partial charge in [0.1, 0.15) is 75.3 Å². The molecule has 10 amide bonds. The highest BCUT2D eigenvalue weighted by atomic mass is 32.9. The summed E-state index contributed by atoms with van der Waals surface area (Å²) in [5.74, 6) is -13.6. The van der Waals surface area contributed by atoms with Crippen LogP contribution in [0.3, 0.4) is 0 Å². The highest BCUT2D eigenvalue weighted by molar-refractivity contribution is 8.38. The fourth-order valence-corrected chi connectivity index (χ4v) is 16.7. The zero-order valence-corrected chi connectivity index (χ0v) is 84.0. The third-order valence-corrected chi connectivity index (χ3v) is 23.4. The molecular formula is C88H142N10O36PS2-. The van der Waals surface area contributed by atoms with E-state index in [1.54, 1.807) is 34.6 Å². The molecule has 49 heteroatoms. The van der Waals surface area contributed by atoms with Crippen molar-refractivity contribution in [2.45, 2.75) is 318 Å². The lowest BCUT2D eigenvalue weighted by atomic mass is 9.88. The van der Waals surface area contributed by atoms with E-state index in [0.717, 1.165) is 0 Å². The van der Waals surface area contributed by atoms with Gasteiger partial charge in [0, 0.05) is 218 Å². The molecular weight excluding hydrogens is 1870 g/mol. The topological polar surface area (TPSA) is 575 Å². The first kappa shape index (κ1) is 120. The maximum atomic E-state index is 15.3. The number of ether oxygens (including phenoxy) is 17. The summed E-state index contributed by atoms with van der Waals surface area (Å²) in [7, 11) is 2.00. The molecule has 0 spiro atoms. The van der Waals surface area contributed by atoms with E-state index in [4.69, 9.17) is 91.7 Å². The van der Waals surface area contributed by atoms with E-state index in [2.05, 4.69) is 44.6 Å². The Morgan fingerprint density at radius 2 is 0.620 bits per heavy atom. The average Bonchev–Trinajstić information content (AvgIpc) is 0.809. The molecule has 0 aromatic heterocycles. The molecule has 4 fully saturated rings. The second kappa shape index (κ2) is 63.2. The second-order valence-corrected chi connectivity index (χ2v) is 37.7. The zero-order chi connectivity index (χ0) is 102. The van der Waals surface area contributed by atoms with Gasteiger partial charge in [-0.25, -0.2) is 11.2 Å². The number of nitrogens with zero attached hydrogens (tertiary/aromatic N) is 3. The number of amides is 10. The van der Waals surface area contributed by atoms with Gasteiger partial charge >= 0.3 is 53.7 Å². The molecule has 0 aliphatic carbocycles. The quantitative estimate of drug-likeness (QED) is 0.0148. The number of nitrogens with one attached hydrogen (secondary N) is 7. The minimum absolute atomic E-state index is 0.000131. The molecule has 137 heavy (non-hydrogen) atoms. The van der Waals surface area contributed by atoms with E-state index >= 15 is 4.79 Å². The maximum Gasteiger partial charge on any atom is 0.307 e. The monoisotopic (exact) mass is 2010 g/mol. The van der Waals surface area contributed by atoms with Gasteiger partial charge in [0.2, 0.25) is 53.2 Å². The van der Waals surface area contributed by atoms with Crippen LogP contribution in [0.4, 0.5) is 0 Å². The number of esters is 9. The van der Waals surface area contributed by atoms with E-state index in [9.17, 15) is 86.3 Å². The van der Waals surface area contributed by atoms with Gasteiger partial charge < -0.3 is 132 Å². The van der Waals surface area contributed by atoms with Gasteiger partial charge in [-0.1, -0.05) is 34.6 Å². The van der Waals surface area contributed by atoms with Crippen LogP contribution in [-0.4, -0.2) is 337 Å². The Hall–Kier alpha value is -9.52. The molecule has 4 aliphatic heterocycles. The Balaban J connectivity index is 1.71. The molecule has 46 nitrogen and oxygen atoms in total. The van der Waals surface area contributed by atoms with Crippen molar-refractivity contribution in [3.8, 4) is 0 Å². The Kier molecular flexibility index (Phi) is 55.3. The number of carbonyl (C=O) groups excluding carboxylic acids is 19. The Morgan fingerprint density at radius 1 is 0.350 bits per heavy atom. The summed E-state index contributed by atoms with van der Waals surface area (Å²) in [6.07, 6.45) is -13.7. The Bertz CT molecular complexity index is 3870. The molecule has 9 unspecified atom stereocenters. The van der Waals surface area contributed by atoms with E-state index in [-0.39, 0.29) is 195 Å². The van der Waals surface area contributed by atoms with Gasteiger partial charge in [0.15, 0.2) is 31.3 Å². The van der Waals surface area contributed by atoms with Crippen molar-refractivity contribution in [3.63, 3.8) is 0 Å². The lowest BCUT2D eigenvalue weighted by Crippen LogP contribution is -2.62. The third-order valence-electron chi connectivity index (χ3n) is 22.4. The normalized spacial score (nSPS) is 24.6. The van der Waals surface area contributed by atoms with Crippen LogP contribution in [-0.2, 0) is 192 Å². The smallest absolute Gasteiger partial charge is 0.307 e. The molecule has 4 saturated heterocycles. The van der Waals surface area contributed by atoms with E-state index in [1.807, 2.05) is 0 Å². The van der Waals surface area contributed by atoms with Crippen LogP contribution in [0, 0.1) is 23.7 Å². The number of unbranched alkanes of at least 4 members (excludes halogenated alkanes) is 4. The van der Waals surface area contributed by atoms with Crippen molar-refractivity contribution in [2.75, 3.05) is 105 Å². The molecule has 0 aromatic rings. The summed E-state index contributed by atoms with van der Waals surface area (Å²) in [6, 6.07) is -3.44. The number of rotatable bonds is 59. The van der Waals surface area contributed by atoms with Gasteiger partial charge in [0.25, 0.3) is 5.91 Å². The Labute approximate surface area is 807 Å². The van der Waals surface area contributed by atoms with Crippen LogP contribution in [0.1, 0.15) is 214 Å². The summed E-state index contributed by atoms with van der Waals surface area (Å²) in [5.41, 5.74) is 0. The van der Waals surface area contributed by atoms with E-state index in [1.165, 1.54) is 97.8 Å². The molecule has 7 N–H and O–H groups in total. The van der Waals surface area contributed by atoms with Crippen molar-refractivity contribution in [3.05, 3.63) is 0 Å². The summed E-state index contributed by atoms with van der Waals surface area (Å²) >= 11 is 5.03. The van der Waals surface area contributed by atoms with Gasteiger partial charge in [-0.2, -0.15) is 0 Å². The molecule has 21 atom stereocenters. The number of carbonyl (C=O) groups is 19. The van der Waals surface area contributed by atoms with E-state index in [0.29, 0.717) is 0 Å². The highest BCUT2D eigenvalue weighted by Gasteiger charge is 2.52. The summed E-state index contributed by atoms with van der Waals surface area (Å²) in [4.78, 5) is 250. The molecule has 778 valence electrons. The standard InChI is InChI=1S/C88H142N10O36PS2/c1-18-65(130-75(116)32-31-72(113)95-137(135)136)84(117)98(39-37-96(73(114)29-21-25-43-120-87-78(93-55(8)101)51(4)82(128-63(16)109)68(133-87)47-124-59(12)105)35-33-89-70(111)27-19-23-41-118-85-76(91-53(6)99)49(2)80(126-61(14)107)66(131-85)45-122-57(10)103)40-38-97(74(115)30-22-26-44-121-88-79(94-56(9)102)52(5)83(129-64(17)110)69(134-88)48-125-60(13)106)36-34-90-71(112)28-20-24-42-119-86-77(92-54(7)100)50(3)81(127-62(15)108)67(132-86)46-123-58(11)104/h49-52,65-69,76-83,85-88,135H,18-48H2,1-17H3,(H,89,111)(H,90,112)(H,91,99)(H,92,100)(H,93,101)(H,94,102)(H,95,113,136)/q-1/t49-,50-,51-,52-,65?,66?,67?,68?,69?,76?,77?,78?,79?,80-,81-,82-,83-,85-,86-,87-,88-/m1/s1. The highest BCUT2D eigenvalue weighted by Crippen LogP contribution is 2.35. The largest absolute Gasteiger partial charge is 0.463 e. The van der Waals surface area contributed by atoms with Crippen molar-refractivity contribution in [1.29, 1.82) is 0 Å². The fraction of sp³-hybridized carbons (Fsp3) is 0.784. The van der Waals surface area contributed by atoms with Gasteiger partial charge in [-0.05, 0) is 57.8 Å². The van der Waals surface area contributed by atoms with E-state index < -0.39 is 256 Å². The fourth-order valence-electron chi connectivity index (χ4n) is 15.8. The second-order valence-electron chi connectivity index (χ2n) is 33.8. The maximum absolute atomic E-state index is 15.3. The van der Waals surface area contributed by atoms with Gasteiger partial charge in [-0.15, -0.1) is 0 Å². The van der Waals surface area contributed by atoms with Crippen LogP contribution < -0.4 is 36.6 Å². The van der Waals surface area contributed by atoms with Gasteiger partial charge in [0.05, 0.1) is 30.6 Å². The predicted molar refractivity (Wildman–Crippen MR) is 486 cm³/mol. The van der Waals surface area contributed by atoms with Crippen LogP contribution in [0.25, 0.3) is 0 Å². The molecule has 4 aliphatic rings. The third kappa shape index (κ3) is 45.5.